The second-order valence-electron chi connectivity index (χ2n) is 6.04. The van der Waals surface area contributed by atoms with E-state index in [0.717, 1.165) is 11.3 Å². The van der Waals surface area contributed by atoms with Crippen LogP contribution in [0.1, 0.15) is 28.9 Å². The van der Waals surface area contributed by atoms with E-state index in [4.69, 9.17) is 19.3 Å². The smallest absolute Gasteiger partial charge is 0.217 e. The number of nitrogens with one attached hydrogen (secondary N) is 2. The Kier molecular flexibility index (Phi) is 4.82. The Morgan fingerprint density at radius 2 is 1.65 bits per heavy atom. The van der Waals surface area contributed by atoms with Crippen molar-refractivity contribution in [2.24, 2.45) is 0 Å². The number of para-hydroxylation sites is 1. The Morgan fingerprint density at radius 1 is 0.923 bits per heavy atom. The van der Waals surface area contributed by atoms with Crippen LogP contribution in [-0.4, -0.2) is 18.9 Å². The Bertz CT molecular complexity index is 883. The van der Waals surface area contributed by atoms with Crippen molar-refractivity contribution in [3.63, 3.8) is 0 Å². The van der Waals surface area contributed by atoms with E-state index in [1.165, 1.54) is 5.56 Å². The summed E-state index contributed by atoms with van der Waals surface area (Å²) in [6.07, 6.45) is -0.469. The molecule has 1 aromatic heterocycles. The van der Waals surface area contributed by atoms with E-state index in [1.54, 1.807) is 12.1 Å². The third-order valence-corrected chi connectivity index (χ3v) is 4.25. The van der Waals surface area contributed by atoms with Gasteiger partial charge in [0, 0.05) is 17.8 Å². The molecule has 26 heavy (non-hydrogen) atoms. The zero-order valence-corrected chi connectivity index (χ0v) is 14.3. The first-order valence-corrected chi connectivity index (χ1v) is 8.60. The maximum atomic E-state index is 8.56. The predicted molar refractivity (Wildman–Crippen MR) is 99.5 cm³/mol. The molecule has 0 unspecified atom stereocenters. The zero-order chi connectivity index (χ0) is 17.8. The average Bonchev–Trinajstić information content (AvgIpc) is 3.38. The fourth-order valence-electron chi connectivity index (χ4n) is 2.92. The van der Waals surface area contributed by atoms with Crippen LogP contribution >= 0.6 is 0 Å². The van der Waals surface area contributed by atoms with Gasteiger partial charge in [0.1, 0.15) is 5.71 Å². The topological polar surface area (TPSA) is 67.5 Å². The number of benzene rings is 2. The van der Waals surface area contributed by atoms with Gasteiger partial charge in [-0.15, -0.1) is 0 Å². The highest BCUT2D eigenvalue weighted by Gasteiger charge is 2.23. The minimum atomic E-state index is -0.469. The Morgan fingerprint density at radius 3 is 2.46 bits per heavy atom. The molecule has 1 aliphatic heterocycles. The van der Waals surface area contributed by atoms with Crippen molar-refractivity contribution in [2.45, 2.75) is 12.8 Å². The van der Waals surface area contributed by atoms with Crippen LogP contribution in [0.4, 0.5) is 5.69 Å². The van der Waals surface area contributed by atoms with Crippen LogP contribution in [0, 0.1) is 5.41 Å². The third kappa shape index (κ3) is 3.54. The second kappa shape index (κ2) is 7.56. The van der Waals surface area contributed by atoms with Crippen molar-refractivity contribution in [1.29, 1.82) is 5.41 Å². The molecule has 0 atom stereocenters. The first-order valence-electron chi connectivity index (χ1n) is 8.60. The molecule has 0 bridgehead atoms. The van der Waals surface area contributed by atoms with Gasteiger partial charge in [-0.3, -0.25) is 5.41 Å². The lowest BCUT2D eigenvalue weighted by Gasteiger charge is -2.12. The maximum Gasteiger partial charge on any atom is 0.217 e. The SMILES string of the molecule is N=C(c1ccc(C2OCCO2)o1)c1ccccc1NCc1ccccc1. The quantitative estimate of drug-likeness (QED) is 0.650. The third-order valence-electron chi connectivity index (χ3n) is 4.25. The van der Waals surface area contributed by atoms with E-state index in [0.29, 0.717) is 37.0 Å². The van der Waals surface area contributed by atoms with Crippen molar-refractivity contribution in [3.05, 3.63) is 89.4 Å². The summed E-state index contributed by atoms with van der Waals surface area (Å²) in [6, 6.07) is 21.5. The van der Waals surface area contributed by atoms with Gasteiger partial charge in [-0.1, -0.05) is 48.5 Å². The van der Waals surface area contributed by atoms with Gasteiger partial charge in [0.15, 0.2) is 11.5 Å². The number of hydrogen-bond acceptors (Lipinski definition) is 5. The van der Waals surface area contributed by atoms with Gasteiger partial charge in [-0.05, 0) is 23.8 Å². The van der Waals surface area contributed by atoms with E-state index in [9.17, 15) is 0 Å². The highest BCUT2D eigenvalue weighted by atomic mass is 16.7. The summed E-state index contributed by atoms with van der Waals surface area (Å²) in [5, 5.41) is 12.0. The normalized spacial score (nSPS) is 14.5. The molecule has 1 saturated heterocycles. The van der Waals surface area contributed by atoms with Crippen molar-refractivity contribution in [3.8, 4) is 0 Å². The van der Waals surface area contributed by atoms with Gasteiger partial charge in [0.25, 0.3) is 0 Å². The summed E-state index contributed by atoms with van der Waals surface area (Å²) in [6.45, 7) is 1.81. The molecule has 2 N–H and O–H groups in total. The molecule has 132 valence electrons. The zero-order valence-electron chi connectivity index (χ0n) is 14.3. The van der Waals surface area contributed by atoms with Crippen LogP contribution in [0.15, 0.2) is 71.1 Å². The van der Waals surface area contributed by atoms with Crippen LogP contribution in [0.2, 0.25) is 0 Å². The fraction of sp³-hybridized carbons (Fsp3) is 0.190. The van der Waals surface area contributed by atoms with Crippen molar-refractivity contribution < 1.29 is 13.9 Å². The molecule has 5 nitrogen and oxygen atoms in total. The van der Waals surface area contributed by atoms with E-state index < -0.39 is 6.29 Å². The maximum absolute atomic E-state index is 8.56. The lowest BCUT2D eigenvalue weighted by atomic mass is 10.1. The lowest BCUT2D eigenvalue weighted by Crippen LogP contribution is -2.07. The number of hydrogen-bond donors (Lipinski definition) is 2. The summed E-state index contributed by atoms with van der Waals surface area (Å²) in [7, 11) is 0. The molecule has 3 aromatic rings. The number of rotatable bonds is 6. The molecule has 1 fully saturated rings. The summed E-state index contributed by atoms with van der Waals surface area (Å²) in [5.74, 6) is 1.09. The molecule has 4 rings (SSSR count). The summed E-state index contributed by atoms with van der Waals surface area (Å²) in [4.78, 5) is 0. The van der Waals surface area contributed by atoms with Gasteiger partial charge >= 0.3 is 0 Å². The number of furan rings is 1. The van der Waals surface area contributed by atoms with Crippen LogP contribution < -0.4 is 5.32 Å². The molecule has 0 saturated carbocycles. The molecule has 5 heteroatoms. The highest BCUT2D eigenvalue weighted by molar-refractivity contribution is 6.12. The largest absolute Gasteiger partial charge is 0.454 e. The minimum absolute atomic E-state index is 0.324. The molecular weight excluding hydrogens is 328 g/mol. The summed E-state index contributed by atoms with van der Waals surface area (Å²) < 4.78 is 16.7. The molecule has 0 amide bonds. The van der Waals surface area contributed by atoms with E-state index in [-0.39, 0.29) is 0 Å². The summed E-state index contributed by atoms with van der Waals surface area (Å²) >= 11 is 0. The molecule has 2 heterocycles. The van der Waals surface area contributed by atoms with Gasteiger partial charge in [-0.25, -0.2) is 0 Å². The van der Waals surface area contributed by atoms with Gasteiger partial charge in [0.05, 0.1) is 13.2 Å². The van der Waals surface area contributed by atoms with Crippen molar-refractivity contribution >= 4 is 11.4 Å². The molecule has 1 aliphatic rings. The van der Waals surface area contributed by atoms with E-state index >= 15 is 0 Å². The van der Waals surface area contributed by atoms with Crippen molar-refractivity contribution in [1.82, 2.24) is 0 Å². The van der Waals surface area contributed by atoms with Crippen LogP contribution in [-0.2, 0) is 16.0 Å². The molecule has 0 spiro atoms. The molecular formula is C21H20N2O3. The standard InChI is InChI=1S/C21H20N2O3/c22-20(18-10-11-19(26-18)21-24-12-13-25-21)16-8-4-5-9-17(16)23-14-15-6-2-1-3-7-15/h1-11,21-23H,12-14H2. The van der Waals surface area contributed by atoms with E-state index in [1.807, 2.05) is 42.5 Å². The van der Waals surface area contributed by atoms with Gasteiger partial charge in [0.2, 0.25) is 6.29 Å². The average molecular weight is 348 g/mol. The monoisotopic (exact) mass is 348 g/mol. The van der Waals surface area contributed by atoms with Gasteiger partial charge in [-0.2, -0.15) is 0 Å². The highest BCUT2D eigenvalue weighted by Crippen LogP contribution is 2.27. The van der Waals surface area contributed by atoms with Crippen LogP contribution in [0.25, 0.3) is 0 Å². The Hall–Kier alpha value is -2.89. The molecule has 0 aliphatic carbocycles. The second-order valence-corrected chi connectivity index (χ2v) is 6.04. The summed E-state index contributed by atoms with van der Waals surface area (Å²) in [5.41, 5.74) is 3.19. The predicted octanol–water partition coefficient (Wildman–Crippen LogP) is 4.35. The first-order chi connectivity index (χ1) is 12.8. The first kappa shape index (κ1) is 16.6. The van der Waals surface area contributed by atoms with Crippen molar-refractivity contribution in [2.75, 3.05) is 18.5 Å². The number of anilines is 1. The van der Waals surface area contributed by atoms with Gasteiger partial charge < -0.3 is 19.2 Å². The Labute approximate surface area is 152 Å². The van der Waals surface area contributed by atoms with Crippen LogP contribution in [0.3, 0.4) is 0 Å². The van der Waals surface area contributed by atoms with Crippen LogP contribution in [0.5, 0.6) is 0 Å². The molecule has 2 aromatic carbocycles. The fourth-order valence-corrected chi connectivity index (χ4v) is 2.92. The number of ether oxygens (including phenoxy) is 2. The molecule has 0 radical (unpaired) electrons. The minimum Gasteiger partial charge on any atom is -0.454 e. The Balaban J connectivity index is 1.52. The van der Waals surface area contributed by atoms with E-state index in [2.05, 4.69) is 17.4 Å². The lowest BCUT2D eigenvalue weighted by molar-refractivity contribution is -0.0589.